The summed E-state index contributed by atoms with van der Waals surface area (Å²) in [4.78, 5) is 9.14. The Labute approximate surface area is 104 Å². The molecule has 1 unspecified atom stereocenters. The predicted octanol–water partition coefficient (Wildman–Crippen LogP) is 0.811. The molecule has 1 fully saturated rings. The van der Waals surface area contributed by atoms with Crippen molar-refractivity contribution in [1.82, 2.24) is 15.2 Å². The summed E-state index contributed by atoms with van der Waals surface area (Å²) in [6.07, 6.45) is 1.85. The molecule has 2 heterocycles. The first-order chi connectivity index (χ1) is 8.27. The Morgan fingerprint density at radius 2 is 2.18 bits per heavy atom. The summed E-state index contributed by atoms with van der Waals surface area (Å²) in [5.74, 6) is 1.05. The van der Waals surface area contributed by atoms with Crippen LogP contribution >= 0.6 is 0 Å². The van der Waals surface area contributed by atoms with Crippen LogP contribution in [-0.4, -0.2) is 55.7 Å². The highest BCUT2D eigenvalue weighted by Crippen LogP contribution is 2.09. The Balaban J connectivity index is 1.87. The number of nitrogens with one attached hydrogen (secondary N) is 1. The van der Waals surface area contributed by atoms with Gasteiger partial charge in [0.2, 0.25) is 0 Å². The van der Waals surface area contributed by atoms with Gasteiger partial charge in [-0.1, -0.05) is 6.07 Å². The third-order valence-electron chi connectivity index (χ3n) is 3.35. The molecule has 1 aliphatic heterocycles. The molecule has 0 saturated carbocycles. The summed E-state index contributed by atoms with van der Waals surface area (Å²) in [6, 6.07) is 6.62. The van der Waals surface area contributed by atoms with Gasteiger partial charge in [0.05, 0.1) is 0 Å². The van der Waals surface area contributed by atoms with Gasteiger partial charge in [-0.3, -0.25) is 4.90 Å². The van der Waals surface area contributed by atoms with Crippen LogP contribution in [0.2, 0.25) is 0 Å². The monoisotopic (exact) mass is 234 g/mol. The molecule has 0 aromatic carbocycles. The minimum atomic E-state index is 0.573. The number of aromatic nitrogens is 1. The lowest BCUT2D eigenvalue weighted by atomic mass is 10.2. The molecule has 1 saturated heterocycles. The molecule has 1 aromatic heterocycles. The van der Waals surface area contributed by atoms with Crippen molar-refractivity contribution in [2.75, 3.05) is 44.7 Å². The average Bonchev–Trinajstić information content (AvgIpc) is 2.40. The van der Waals surface area contributed by atoms with Crippen LogP contribution in [-0.2, 0) is 0 Å². The third-order valence-corrected chi connectivity index (χ3v) is 3.35. The van der Waals surface area contributed by atoms with E-state index in [9.17, 15) is 0 Å². The van der Waals surface area contributed by atoms with E-state index in [0.29, 0.717) is 6.04 Å². The summed E-state index contributed by atoms with van der Waals surface area (Å²) in [7, 11) is 2.11. The molecular weight excluding hydrogens is 212 g/mol. The lowest BCUT2D eigenvalue weighted by Gasteiger charge is -2.35. The zero-order valence-corrected chi connectivity index (χ0v) is 10.8. The molecule has 1 N–H and O–H groups in total. The molecule has 2 rings (SSSR count). The van der Waals surface area contributed by atoms with Gasteiger partial charge in [0.1, 0.15) is 5.82 Å². The van der Waals surface area contributed by atoms with Crippen molar-refractivity contribution in [3.63, 3.8) is 0 Å². The normalized spacial score (nSPS) is 18.9. The fourth-order valence-corrected chi connectivity index (χ4v) is 2.31. The molecular formula is C13H22N4. The SMILES string of the molecule is CC(CN(C)c1ccccn1)N1CCNCC1. The maximum absolute atomic E-state index is 4.37. The fourth-order valence-electron chi connectivity index (χ4n) is 2.31. The highest BCUT2D eigenvalue weighted by molar-refractivity contribution is 5.36. The topological polar surface area (TPSA) is 31.4 Å². The molecule has 0 aliphatic carbocycles. The van der Waals surface area contributed by atoms with Crippen molar-refractivity contribution in [3.05, 3.63) is 24.4 Å². The second kappa shape index (κ2) is 5.98. The fraction of sp³-hybridized carbons (Fsp3) is 0.615. The van der Waals surface area contributed by atoms with Gasteiger partial charge in [-0.25, -0.2) is 4.98 Å². The predicted molar refractivity (Wildman–Crippen MR) is 71.4 cm³/mol. The minimum Gasteiger partial charge on any atom is -0.358 e. The van der Waals surface area contributed by atoms with E-state index in [2.05, 4.69) is 40.1 Å². The zero-order chi connectivity index (χ0) is 12.1. The van der Waals surface area contributed by atoms with Gasteiger partial charge in [-0.05, 0) is 19.1 Å². The van der Waals surface area contributed by atoms with Crippen LogP contribution in [0.1, 0.15) is 6.92 Å². The minimum absolute atomic E-state index is 0.573. The number of rotatable bonds is 4. The maximum Gasteiger partial charge on any atom is 0.128 e. The smallest absolute Gasteiger partial charge is 0.128 e. The number of anilines is 1. The van der Waals surface area contributed by atoms with Crippen LogP contribution in [0, 0.1) is 0 Å². The Kier molecular flexibility index (Phi) is 4.34. The second-order valence-corrected chi connectivity index (χ2v) is 4.70. The molecule has 17 heavy (non-hydrogen) atoms. The van der Waals surface area contributed by atoms with Crippen LogP contribution in [0.15, 0.2) is 24.4 Å². The van der Waals surface area contributed by atoms with Gasteiger partial charge in [-0.2, -0.15) is 0 Å². The molecule has 0 bridgehead atoms. The molecule has 4 heteroatoms. The van der Waals surface area contributed by atoms with Crippen LogP contribution in [0.25, 0.3) is 0 Å². The molecule has 0 spiro atoms. The summed E-state index contributed by atoms with van der Waals surface area (Å²) >= 11 is 0. The first-order valence-electron chi connectivity index (χ1n) is 6.34. The zero-order valence-electron chi connectivity index (χ0n) is 10.8. The number of hydrogen-bond acceptors (Lipinski definition) is 4. The number of likely N-dealkylation sites (N-methyl/N-ethyl adjacent to an activating group) is 1. The van der Waals surface area contributed by atoms with Crippen molar-refractivity contribution >= 4 is 5.82 Å². The molecule has 4 nitrogen and oxygen atoms in total. The van der Waals surface area contributed by atoms with Crippen LogP contribution in [0.4, 0.5) is 5.82 Å². The summed E-state index contributed by atoms with van der Waals surface area (Å²) in [6.45, 7) is 7.84. The van der Waals surface area contributed by atoms with E-state index >= 15 is 0 Å². The largest absolute Gasteiger partial charge is 0.358 e. The Hall–Kier alpha value is -1.13. The Morgan fingerprint density at radius 1 is 1.41 bits per heavy atom. The maximum atomic E-state index is 4.37. The van der Waals surface area contributed by atoms with E-state index in [1.165, 1.54) is 0 Å². The molecule has 0 radical (unpaired) electrons. The number of piperazine rings is 1. The highest BCUT2D eigenvalue weighted by Gasteiger charge is 2.17. The quantitative estimate of drug-likeness (QED) is 0.835. The van der Waals surface area contributed by atoms with Gasteiger partial charge in [0.25, 0.3) is 0 Å². The third kappa shape index (κ3) is 3.41. The van der Waals surface area contributed by atoms with E-state index < -0.39 is 0 Å². The number of nitrogens with zero attached hydrogens (tertiary/aromatic N) is 3. The van der Waals surface area contributed by atoms with E-state index in [1.807, 2.05) is 18.3 Å². The van der Waals surface area contributed by atoms with Crippen LogP contribution in [0.3, 0.4) is 0 Å². The molecule has 1 aromatic rings. The van der Waals surface area contributed by atoms with Gasteiger partial charge in [0, 0.05) is 52.0 Å². The summed E-state index contributed by atoms with van der Waals surface area (Å²) in [5, 5.41) is 3.39. The first kappa shape index (κ1) is 12.3. The van der Waals surface area contributed by atoms with Gasteiger partial charge < -0.3 is 10.2 Å². The second-order valence-electron chi connectivity index (χ2n) is 4.70. The van der Waals surface area contributed by atoms with Crippen molar-refractivity contribution in [2.45, 2.75) is 13.0 Å². The number of pyridine rings is 1. The lowest BCUT2D eigenvalue weighted by molar-refractivity contribution is 0.187. The Bertz CT molecular complexity index is 321. The van der Waals surface area contributed by atoms with Gasteiger partial charge in [0.15, 0.2) is 0 Å². The van der Waals surface area contributed by atoms with Crippen molar-refractivity contribution in [3.8, 4) is 0 Å². The Morgan fingerprint density at radius 3 is 2.82 bits per heavy atom. The van der Waals surface area contributed by atoms with E-state index in [0.717, 1.165) is 38.5 Å². The van der Waals surface area contributed by atoms with Gasteiger partial charge in [-0.15, -0.1) is 0 Å². The van der Waals surface area contributed by atoms with Crippen molar-refractivity contribution in [2.24, 2.45) is 0 Å². The van der Waals surface area contributed by atoms with E-state index in [1.54, 1.807) is 0 Å². The number of hydrogen-bond donors (Lipinski definition) is 1. The molecule has 94 valence electrons. The average molecular weight is 234 g/mol. The van der Waals surface area contributed by atoms with Crippen LogP contribution < -0.4 is 10.2 Å². The summed E-state index contributed by atoms with van der Waals surface area (Å²) in [5.41, 5.74) is 0. The van der Waals surface area contributed by atoms with Crippen molar-refractivity contribution < 1.29 is 0 Å². The van der Waals surface area contributed by atoms with Gasteiger partial charge >= 0.3 is 0 Å². The first-order valence-corrected chi connectivity index (χ1v) is 6.34. The standard InChI is InChI=1S/C13H22N4/c1-12(17-9-7-14-8-10-17)11-16(2)13-5-3-4-6-15-13/h3-6,12,14H,7-11H2,1-2H3. The molecule has 0 amide bonds. The lowest BCUT2D eigenvalue weighted by Crippen LogP contribution is -2.50. The highest BCUT2D eigenvalue weighted by atomic mass is 15.3. The van der Waals surface area contributed by atoms with Crippen molar-refractivity contribution in [1.29, 1.82) is 0 Å². The molecule has 1 atom stereocenters. The van der Waals surface area contributed by atoms with E-state index in [4.69, 9.17) is 0 Å². The molecule has 1 aliphatic rings. The van der Waals surface area contributed by atoms with E-state index in [-0.39, 0.29) is 0 Å². The van der Waals surface area contributed by atoms with Crippen LogP contribution in [0.5, 0.6) is 0 Å². The summed E-state index contributed by atoms with van der Waals surface area (Å²) < 4.78 is 0.